The first-order valence-electron chi connectivity index (χ1n) is 9.48. The van der Waals surface area contributed by atoms with Crippen LogP contribution in [0.25, 0.3) is 0 Å². The number of nitrogens with zero attached hydrogens (tertiary/aromatic N) is 1. The maximum atomic E-state index is 3.78. The van der Waals surface area contributed by atoms with Gasteiger partial charge in [-0.15, -0.1) is 0 Å². The van der Waals surface area contributed by atoms with Crippen molar-refractivity contribution in [2.45, 2.75) is 96.6 Å². The van der Waals surface area contributed by atoms with Gasteiger partial charge in [0.1, 0.15) is 0 Å². The van der Waals surface area contributed by atoms with Gasteiger partial charge in [-0.3, -0.25) is 4.90 Å². The first-order chi connectivity index (χ1) is 9.98. The lowest BCUT2D eigenvalue weighted by Crippen LogP contribution is -2.68. The second-order valence-corrected chi connectivity index (χ2v) is 8.41. The van der Waals surface area contributed by atoms with Crippen molar-refractivity contribution in [2.24, 2.45) is 5.92 Å². The Morgan fingerprint density at radius 1 is 0.952 bits per heavy atom. The minimum absolute atomic E-state index is 0.287. The van der Waals surface area contributed by atoms with E-state index in [1.54, 1.807) is 0 Å². The second kappa shape index (κ2) is 7.46. The van der Waals surface area contributed by atoms with Gasteiger partial charge in [0, 0.05) is 24.2 Å². The highest BCUT2D eigenvalue weighted by Crippen LogP contribution is 2.44. The predicted octanol–water partition coefficient (Wildman–Crippen LogP) is 4.59. The number of rotatable bonds is 9. The third-order valence-corrected chi connectivity index (χ3v) is 5.72. The lowest BCUT2D eigenvalue weighted by atomic mass is 9.86. The van der Waals surface area contributed by atoms with Crippen LogP contribution < -0.4 is 5.32 Å². The Kier molecular flexibility index (Phi) is 6.14. The molecule has 2 aliphatic rings. The summed E-state index contributed by atoms with van der Waals surface area (Å²) < 4.78 is 0. The van der Waals surface area contributed by atoms with Crippen LogP contribution in [0.5, 0.6) is 0 Å². The molecule has 2 rings (SSSR count). The Labute approximate surface area is 133 Å². The van der Waals surface area contributed by atoms with Crippen molar-refractivity contribution in [1.82, 2.24) is 10.2 Å². The largest absolute Gasteiger partial charge is 0.309 e. The molecule has 124 valence electrons. The topological polar surface area (TPSA) is 15.3 Å². The molecule has 1 saturated carbocycles. The second-order valence-electron chi connectivity index (χ2n) is 8.41. The molecule has 0 aromatic carbocycles. The van der Waals surface area contributed by atoms with E-state index in [2.05, 4.69) is 37.9 Å². The van der Waals surface area contributed by atoms with Gasteiger partial charge < -0.3 is 5.32 Å². The van der Waals surface area contributed by atoms with Gasteiger partial charge >= 0.3 is 0 Å². The highest BCUT2D eigenvalue weighted by molar-refractivity contribution is 5.06. The van der Waals surface area contributed by atoms with Crippen LogP contribution in [0.15, 0.2) is 0 Å². The summed E-state index contributed by atoms with van der Waals surface area (Å²) >= 11 is 0. The molecule has 1 N–H and O–H groups in total. The maximum Gasteiger partial charge on any atom is 0.0334 e. The van der Waals surface area contributed by atoms with Crippen molar-refractivity contribution in [2.75, 3.05) is 19.6 Å². The molecule has 2 fully saturated rings. The van der Waals surface area contributed by atoms with E-state index < -0.39 is 0 Å². The number of hydrogen-bond donors (Lipinski definition) is 1. The molecule has 0 aromatic rings. The van der Waals surface area contributed by atoms with Crippen LogP contribution in [0.4, 0.5) is 0 Å². The molecule has 0 aromatic heterocycles. The first kappa shape index (κ1) is 17.3. The van der Waals surface area contributed by atoms with Crippen LogP contribution in [0.1, 0.15) is 85.5 Å². The van der Waals surface area contributed by atoms with Crippen molar-refractivity contribution < 1.29 is 0 Å². The number of piperazine rings is 1. The molecule has 0 radical (unpaired) electrons. The Morgan fingerprint density at radius 3 is 2.19 bits per heavy atom. The van der Waals surface area contributed by atoms with E-state index in [1.807, 2.05) is 0 Å². The lowest BCUT2D eigenvalue weighted by molar-refractivity contribution is 0.0107. The minimum atomic E-state index is 0.287. The fraction of sp³-hybridized carbons (Fsp3) is 1.00. The summed E-state index contributed by atoms with van der Waals surface area (Å²) in [6.45, 7) is 13.2. The average molecular weight is 295 g/mol. The Bertz CT molecular complexity index is 309. The SMILES string of the molecule is CCCCCCCCCN1CC(C)(C)NCC1(C)C1CC1. The smallest absolute Gasteiger partial charge is 0.0334 e. The van der Waals surface area contributed by atoms with E-state index in [9.17, 15) is 0 Å². The highest BCUT2D eigenvalue weighted by Gasteiger charge is 2.49. The van der Waals surface area contributed by atoms with E-state index in [0.717, 1.165) is 5.92 Å². The summed E-state index contributed by atoms with van der Waals surface area (Å²) in [4.78, 5) is 2.83. The summed E-state index contributed by atoms with van der Waals surface area (Å²) in [5.74, 6) is 0.950. The van der Waals surface area contributed by atoms with Crippen molar-refractivity contribution in [1.29, 1.82) is 0 Å². The van der Waals surface area contributed by atoms with Crippen molar-refractivity contribution in [3.63, 3.8) is 0 Å². The van der Waals surface area contributed by atoms with Crippen molar-refractivity contribution >= 4 is 0 Å². The third kappa shape index (κ3) is 4.96. The standard InChI is InChI=1S/C19H38N2/c1-5-6-7-8-9-10-11-14-21-16-18(2,3)20-15-19(21,4)17-12-13-17/h17,20H,5-16H2,1-4H3. The van der Waals surface area contributed by atoms with Gasteiger partial charge in [0.05, 0.1) is 0 Å². The van der Waals surface area contributed by atoms with Gasteiger partial charge in [-0.25, -0.2) is 0 Å². The van der Waals surface area contributed by atoms with Gasteiger partial charge in [-0.1, -0.05) is 45.4 Å². The first-order valence-corrected chi connectivity index (χ1v) is 9.48. The van der Waals surface area contributed by atoms with Gasteiger partial charge in [0.15, 0.2) is 0 Å². The van der Waals surface area contributed by atoms with Crippen LogP contribution in [0, 0.1) is 5.92 Å². The molecule has 1 saturated heterocycles. The summed E-state index contributed by atoms with van der Waals surface area (Å²) in [5, 5.41) is 3.78. The van der Waals surface area contributed by atoms with E-state index in [0.29, 0.717) is 5.54 Å². The van der Waals surface area contributed by atoms with Gasteiger partial charge in [0.2, 0.25) is 0 Å². The van der Waals surface area contributed by atoms with Gasteiger partial charge in [-0.05, 0) is 52.5 Å². The van der Waals surface area contributed by atoms with Crippen LogP contribution >= 0.6 is 0 Å². The Balaban J connectivity index is 1.72. The fourth-order valence-corrected chi connectivity index (χ4v) is 3.95. The molecule has 2 nitrogen and oxygen atoms in total. The van der Waals surface area contributed by atoms with E-state index in [1.165, 1.54) is 77.4 Å². The lowest BCUT2D eigenvalue weighted by Gasteiger charge is -2.52. The minimum Gasteiger partial charge on any atom is -0.309 e. The molecule has 21 heavy (non-hydrogen) atoms. The number of nitrogens with one attached hydrogen (secondary N) is 1. The quantitative estimate of drug-likeness (QED) is 0.626. The maximum absolute atomic E-state index is 3.78. The molecule has 1 aliphatic heterocycles. The fourth-order valence-electron chi connectivity index (χ4n) is 3.95. The molecule has 1 aliphatic carbocycles. The summed E-state index contributed by atoms with van der Waals surface area (Å²) in [6, 6.07) is 0. The van der Waals surface area contributed by atoms with Gasteiger partial charge in [0.25, 0.3) is 0 Å². The van der Waals surface area contributed by atoms with E-state index in [-0.39, 0.29) is 5.54 Å². The molecule has 0 amide bonds. The molecule has 2 heteroatoms. The monoisotopic (exact) mass is 294 g/mol. The van der Waals surface area contributed by atoms with Gasteiger partial charge in [-0.2, -0.15) is 0 Å². The number of unbranched alkanes of at least 4 members (excludes halogenated alkanes) is 6. The van der Waals surface area contributed by atoms with Crippen LogP contribution in [0.3, 0.4) is 0 Å². The molecule has 0 bridgehead atoms. The summed E-state index contributed by atoms with van der Waals surface area (Å²) in [5.41, 5.74) is 0.716. The predicted molar refractivity (Wildman–Crippen MR) is 92.8 cm³/mol. The zero-order valence-corrected chi connectivity index (χ0v) is 15.0. The van der Waals surface area contributed by atoms with E-state index >= 15 is 0 Å². The Hall–Kier alpha value is -0.0800. The van der Waals surface area contributed by atoms with Crippen LogP contribution in [-0.2, 0) is 0 Å². The van der Waals surface area contributed by atoms with Crippen LogP contribution in [0.2, 0.25) is 0 Å². The third-order valence-electron chi connectivity index (χ3n) is 5.72. The zero-order valence-electron chi connectivity index (χ0n) is 15.0. The number of hydrogen-bond acceptors (Lipinski definition) is 2. The molecular weight excluding hydrogens is 256 g/mol. The normalized spacial score (nSPS) is 29.7. The van der Waals surface area contributed by atoms with E-state index in [4.69, 9.17) is 0 Å². The molecular formula is C19H38N2. The highest BCUT2D eigenvalue weighted by atomic mass is 15.3. The molecule has 1 heterocycles. The molecule has 1 unspecified atom stereocenters. The van der Waals surface area contributed by atoms with Crippen LogP contribution in [-0.4, -0.2) is 35.6 Å². The van der Waals surface area contributed by atoms with Crippen molar-refractivity contribution in [3.05, 3.63) is 0 Å². The summed E-state index contributed by atoms with van der Waals surface area (Å²) in [6.07, 6.45) is 12.8. The zero-order chi connectivity index (χ0) is 15.3. The van der Waals surface area contributed by atoms with Crippen molar-refractivity contribution in [3.8, 4) is 0 Å². The average Bonchev–Trinajstić information content (AvgIpc) is 3.26. The molecule has 0 spiro atoms. The molecule has 1 atom stereocenters. The summed E-state index contributed by atoms with van der Waals surface area (Å²) in [7, 11) is 0. The Morgan fingerprint density at radius 2 is 1.57 bits per heavy atom.